The first-order valence-corrected chi connectivity index (χ1v) is 6.68. The van der Waals surface area contributed by atoms with Crippen molar-refractivity contribution in [1.82, 2.24) is 9.97 Å². The van der Waals surface area contributed by atoms with Crippen LogP contribution in [-0.2, 0) is 4.79 Å². The van der Waals surface area contributed by atoms with Crippen molar-refractivity contribution in [3.05, 3.63) is 66.0 Å². The molecule has 0 aliphatic heterocycles. The lowest BCUT2D eigenvalue weighted by molar-refractivity contribution is -0.112. The summed E-state index contributed by atoms with van der Waals surface area (Å²) in [5, 5.41) is 12.8. The molecule has 0 aliphatic rings. The van der Waals surface area contributed by atoms with E-state index in [0.717, 1.165) is 16.5 Å². The van der Waals surface area contributed by atoms with Gasteiger partial charge in [0.2, 0.25) is 0 Å². The lowest BCUT2D eigenvalue weighted by Gasteiger charge is -2.02. The van der Waals surface area contributed by atoms with Crippen LogP contribution in [0.1, 0.15) is 5.56 Å². The molecule has 3 aromatic rings. The molecule has 0 atom stereocenters. The van der Waals surface area contributed by atoms with Crippen molar-refractivity contribution in [2.75, 3.05) is 5.32 Å². The number of pyridine rings is 1. The first-order valence-electron chi connectivity index (χ1n) is 6.68. The summed E-state index contributed by atoms with van der Waals surface area (Å²) in [5.41, 5.74) is 1.77. The molecule has 5 nitrogen and oxygen atoms in total. The average molecular weight is 288 g/mol. The number of aromatic nitrogens is 2. The Morgan fingerprint density at radius 1 is 1.23 bits per heavy atom. The largest absolute Gasteiger partial charge is 0.361 e. The zero-order valence-corrected chi connectivity index (χ0v) is 11.6. The zero-order chi connectivity index (χ0) is 15.4. The highest BCUT2D eigenvalue weighted by molar-refractivity contribution is 6.10. The standard InChI is InChI=1S/C17H12N4O/c18-10-12(17(22)21-16-7-3-4-8-19-16)9-13-11-20-15-6-2-1-5-14(13)15/h1-9,11,20H,(H,19,21,22). The van der Waals surface area contributed by atoms with E-state index in [-0.39, 0.29) is 5.57 Å². The maximum Gasteiger partial charge on any atom is 0.267 e. The number of rotatable bonds is 3. The van der Waals surface area contributed by atoms with Gasteiger partial charge < -0.3 is 10.3 Å². The van der Waals surface area contributed by atoms with Gasteiger partial charge in [0.25, 0.3) is 5.91 Å². The van der Waals surface area contributed by atoms with Crippen molar-refractivity contribution in [2.24, 2.45) is 0 Å². The molecule has 5 heteroatoms. The van der Waals surface area contributed by atoms with Crippen LogP contribution >= 0.6 is 0 Å². The molecule has 0 unspecified atom stereocenters. The topological polar surface area (TPSA) is 81.6 Å². The highest BCUT2D eigenvalue weighted by Crippen LogP contribution is 2.20. The third kappa shape index (κ3) is 2.72. The van der Waals surface area contributed by atoms with Gasteiger partial charge in [-0.25, -0.2) is 4.98 Å². The first-order chi connectivity index (χ1) is 10.8. The van der Waals surface area contributed by atoms with Crippen molar-refractivity contribution >= 4 is 28.7 Å². The molecule has 1 aromatic carbocycles. The van der Waals surface area contributed by atoms with Crippen molar-refractivity contribution < 1.29 is 4.79 Å². The summed E-state index contributed by atoms with van der Waals surface area (Å²) in [6.07, 6.45) is 4.91. The Labute approximate surface area is 126 Å². The van der Waals surface area contributed by atoms with Gasteiger partial charge in [0, 0.05) is 28.9 Å². The Morgan fingerprint density at radius 3 is 2.82 bits per heavy atom. The second-order valence-electron chi connectivity index (χ2n) is 4.63. The Morgan fingerprint density at radius 2 is 2.05 bits per heavy atom. The van der Waals surface area contributed by atoms with E-state index in [1.54, 1.807) is 36.7 Å². The van der Waals surface area contributed by atoms with E-state index in [2.05, 4.69) is 15.3 Å². The first kappa shape index (κ1) is 13.6. The van der Waals surface area contributed by atoms with Gasteiger partial charge in [-0.2, -0.15) is 5.26 Å². The van der Waals surface area contributed by atoms with Crippen LogP contribution in [0.3, 0.4) is 0 Å². The molecule has 0 aliphatic carbocycles. The summed E-state index contributed by atoms with van der Waals surface area (Å²) in [4.78, 5) is 19.3. The number of benzene rings is 1. The van der Waals surface area contributed by atoms with Crippen LogP contribution in [0.25, 0.3) is 17.0 Å². The minimum atomic E-state index is -0.480. The maximum absolute atomic E-state index is 12.2. The molecule has 0 radical (unpaired) electrons. The van der Waals surface area contributed by atoms with Crippen LogP contribution in [0.5, 0.6) is 0 Å². The summed E-state index contributed by atoms with van der Waals surface area (Å²) >= 11 is 0. The number of hydrogen-bond donors (Lipinski definition) is 2. The molecule has 0 saturated heterocycles. The predicted octanol–water partition coefficient (Wildman–Crippen LogP) is 3.11. The van der Waals surface area contributed by atoms with E-state index in [1.807, 2.05) is 30.3 Å². The SMILES string of the molecule is N#CC(=Cc1c[nH]c2ccccc12)C(=O)Nc1ccccn1. The number of hydrogen-bond acceptors (Lipinski definition) is 3. The van der Waals surface area contributed by atoms with Gasteiger partial charge in [-0.1, -0.05) is 24.3 Å². The molecular weight excluding hydrogens is 276 g/mol. The van der Waals surface area contributed by atoms with Crippen molar-refractivity contribution in [1.29, 1.82) is 5.26 Å². The van der Waals surface area contributed by atoms with Crippen LogP contribution in [0.15, 0.2) is 60.4 Å². The van der Waals surface area contributed by atoms with Crippen LogP contribution in [0.4, 0.5) is 5.82 Å². The fourth-order valence-electron chi connectivity index (χ4n) is 2.14. The van der Waals surface area contributed by atoms with E-state index in [4.69, 9.17) is 0 Å². The molecule has 0 fully saturated rings. The van der Waals surface area contributed by atoms with Gasteiger partial charge >= 0.3 is 0 Å². The number of aromatic amines is 1. The van der Waals surface area contributed by atoms with Gasteiger partial charge in [0.05, 0.1) is 0 Å². The second-order valence-corrected chi connectivity index (χ2v) is 4.63. The smallest absolute Gasteiger partial charge is 0.267 e. The maximum atomic E-state index is 12.2. The minimum absolute atomic E-state index is 0.0235. The average Bonchev–Trinajstić information content (AvgIpc) is 2.96. The number of carbonyl (C=O) groups is 1. The number of carbonyl (C=O) groups excluding carboxylic acids is 1. The molecule has 3 rings (SSSR count). The van der Waals surface area contributed by atoms with Crippen LogP contribution in [0, 0.1) is 11.3 Å². The normalized spacial score (nSPS) is 11.1. The Kier molecular flexibility index (Phi) is 3.67. The van der Waals surface area contributed by atoms with Crippen molar-refractivity contribution in [2.45, 2.75) is 0 Å². The van der Waals surface area contributed by atoms with Crippen LogP contribution in [-0.4, -0.2) is 15.9 Å². The summed E-state index contributed by atoms with van der Waals surface area (Å²) in [6.45, 7) is 0. The van der Waals surface area contributed by atoms with Gasteiger partial charge in [-0.15, -0.1) is 0 Å². The predicted molar refractivity (Wildman–Crippen MR) is 84.8 cm³/mol. The molecule has 1 amide bonds. The number of nitrogens with zero attached hydrogens (tertiary/aromatic N) is 2. The van der Waals surface area contributed by atoms with E-state index in [0.29, 0.717) is 5.82 Å². The Bertz CT molecular complexity index is 888. The number of nitriles is 1. The molecule has 0 spiro atoms. The number of para-hydroxylation sites is 1. The highest BCUT2D eigenvalue weighted by atomic mass is 16.1. The fourth-order valence-corrected chi connectivity index (χ4v) is 2.14. The molecular formula is C17H12N4O. The second kappa shape index (κ2) is 5.94. The number of anilines is 1. The van der Waals surface area contributed by atoms with Crippen LogP contribution < -0.4 is 5.32 Å². The Hall–Kier alpha value is -3.39. The van der Waals surface area contributed by atoms with Gasteiger partial charge in [0.15, 0.2) is 0 Å². The quantitative estimate of drug-likeness (QED) is 0.574. The molecule has 2 heterocycles. The van der Waals surface area contributed by atoms with E-state index in [1.165, 1.54) is 0 Å². The molecule has 2 aromatic heterocycles. The minimum Gasteiger partial charge on any atom is -0.361 e. The van der Waals surface area contributed by atoms with Gasteiger partial charge in [-0.3, -0.25) is 4.79 Å². The van der Waals surface area contributed by atoms with E-state index < -0.39 is 5.91 Å². The van der Waals surface area contributed by atoms with E-state index in [9.17, 15) is 10.1 Å². The molecule has 106 valence electrons. The third-order valence-corrected chi connectivity index (χ3v) is 3.19. The lowest BCUT2D eigenvalue weighted by atomic mass is 10.1. The monoisotopic (exact) mass is 288 g/mol. The summed E-state index contributed by atoms with van der Waals surface area (Å²) in [7, 11) is 0. The van der Waals surface area contributed by atoms with E-state index >= 15 is 0 Å². The highest BCUT2D eigenvalue weighted by Gasteiger charge is 2.11. The third-order valence-electron chi connectivity index (χ3n) is 3.19. The summed E-state index contributed by atoms with van der Waals surface area (Å²) < 4.78 is 0. The Balaban J connectivity index is 1.90. The number of nitrogens with one attached hydrogen (secondary N) is 2. The van der Waals surface area contributed by atoms with Crippen molar-refractivity contribution in [3.63, 3.8) is 0 Å². The zero-order valence-electron chi connectivity index (χ0n) is 11.6. The van der Waals surface area contributed by atoms with Gasteiger partial charge in [-0.05, 0) is 24.3 Å². The molecule has 0 saturated carbocycles. The van der Waals surface area contributed by atoms with Crippen molar-refractivity contribution in [3.8, 4) is 6.07 Å². The molecule has 22 heavy (non-hydrogen) atoms. The number of fused-ring (bicyclic) bond motifs is 1. The summed E-state index contributed by atoms with van der Waals surface area (Å²) in [6, 6.07) is 14.8. The van der Waals surface area contributed by atoms with Gasteiger partial charge in [0.1, 0.15) is 17.5 Å². The molecule has 0 bridgehead atoms. The number of H-pyrrole nitrogens is 1. The fraction of sp³-hybridized carbons (Fsp3) is 0. The van der Waals surface area contributed by atoms with Crippen LogP contribution in [0.2, 0.25) is 0 Å². The summed E-state index contributed by atoms with van der Waals surface area (Å²) in [5.74, 6) is -0.0703. The molecule has 2 N–H and O–H groups in total. The number of amides is 1. The lowest BCUT2D eigenvalue weighted by Crippen LogP contribution is -2.14.